The predicted octanol–water partition coefficient (Wildman–Crippen LogP) is 2.34. The Balaban J connectivity index is 2.19. The van der Waals surface area contributed by atoms with Crippen LogP contribution < -0.4 is 0 Å². The summed E-state index contributed by atoms with van der Waals surface area (Å²) in [5.41, 5.74) is 1.26. The second-order valence-corrected chi connectivity index (χ2v) is 3.97. The van der Waals surface area contributed by atoms with Crippen LogP contribution in [-0.4, -0.2) is 17.0 Å². The molecule has 0 amide bonds. The van der Waals surface area contributed by atoms with Crippen molar-refractivity contribution >= 4 is 0 Å². The molecule has 0 aromatic heterocycles. The maximum Gasteiger partial charge on any atom is 0.119 e. The second-order valence-electron chi connectivity index (χ2n) is 3.97. The van der Waals surface area contributed by atoms with Crippen molar-refractivity contribution in [3.63, 3.8) is 0 Å². The summed E-state index contributed by atoms with van der Waals surface area (Å²) in [5, 5.41) is 8.97. The van der Waals surface area contributed by atoms with Crippen molar-refractivity contribution in [3.8, 4) is 6.07 Å². The molecule has 2 rings (SSSR count). The molecule has 2 nitrogen and oxygen atoms in total. The molecule has 1 aliphatic heterocycles. The fourth-order valence-electron chi connectivity index (χ4n) is 2.03. The topological polar surface area (TPSA) is 26.8 Å². The maximum atomic E-state index is 8.97. The molecular formula is C12H14N2. The van der Waals surface area contributed by atoms with Crippen molar-refractivity contribution in [3.05, 3.63) is 35.9 Å². The van der Waals surface area contributed by atoms with Crippen molar-refractivity contribution in [2.75, 3.05) is 0 Å². The van der Waals surface area contributed by atoms with Gasteiger partial charge >= 0.3 is 0 Å². The lowest BCUT2D eigenvalue weighted by Gasteiger charge is -2.06. The Kier molecular flexibility index (Phi) is 2.26. The zero-order valence-electron chi connectivity index (χ0n) is 8.51. The predicted molar refractivity (Wildman–Crippen MR) is 55.6 cm³/mol. The zero-order valence-corrected chi connectivity index (χ0v) is 8.51. The van der Waals surface area contributed by atoms with Crippen LogP contribution in [0.3, 0.4) is 0 Å². The molecule has 0 saturated carbocycles. The highest BCUT2D eigenvalue weighted by Crippen LogP contribution is 2.44. The van der Waals surface area contributed by atoms with Gasteiger partial charge in [-0.1, -0.05) is 30.3 Å². The molecule has 1 aliphatic rings. The van der Waals surface area contributed by atoms with Crippen LogP contribution in [0.15, 0.2) is 30.3 Å². The van der Waals surface area contributed by atoms with E-state index in [1.807, 2.05) is 18.2 Å². The molecule has 0 spiro atoms. The first kappa shape index (κ1) is 9.23. The molecule has 0 N–H and O–H groups in total. The Morgan fingerprint density at radius 1 is 1.29 bits per heavy atom. The average Bonchev–Trinajstić information content (AvgIpc) is 2.93. The number of rotatable bonds is 2. The van der Waals surface area contributed by atoms with Crippen LogP contribution in [-0.2, 0) is 0 Å². The summed E-state index contributed by atoms with van der Waals surface area (Å²) in [6.45, 7) is 4.26. The van der Waals surface area contributed by atoms with Crippen LogP contribution >= 0.6 is 0 Å². The smallest absolute Gasteiger partial charge is 0.119 e. The number of hydrogen-bond acceptors (Lipinski definition) is 2. The summed E-state index contributed by atoms with van der Waals surface area (Å²) in [4.78, 5) is 2.23. The van der Waals surface area contributed by atoms with Gasteiger partial charge in [0.2, 0.25) is 0 Å². The monoisotopic (exact) mass is 186 g/mol. The highest BCUT2D eigenvalue weighted by atomic mass is 15.4. The Labute approximate surface area is 84.8 Å². The van der Waals surface area contributed by atoms with E-state index in [0.717, 1.165) is 0 Å². The summed E-state index contributed by atoms with van der Waals surface area (Å²) < 4.78 is 0. The van der Waals surface area contributed by atoms with Crippen LogP contribution in [0, 0.1) is 11.3 Å². The van der Waals surface area contributed by atoms with E-state index in [1.54, 1.807) is 0 Å². The van der Waals surface area contributed by atoms with Gasteiger partial charge in [0, 0.05) is 6.04 Å². The van der Waals surface area contributed by atoms with Crippen molar-refractivity contribution in [2.24, 2.45) is 0 Å². The number of nitriles is 1. The van der Waals surface area contributed by atoms with E-state index in [9.17, 15) is 0 Å². The molecule has 1 aromatic carbocycles. The molecule has 1 unspecified atom stereocenters. The number of hydrogen-bond donors (Lipinski definition) is 0. The fraction of sp³-hybridized carbons (Fsp3) is 0.417. The molecule has 0 radical (unpaired) electrons. The van der Waals surface area contributed by atoms with Gasteiger partial charge in [0.25, 0.3) is 0 Å². The third-order valence-corrected chi connectivity index (χ3v) is 2.72. The van der Waals surface area contributed by atoms with E-state index in [4.69, 9.17) is 5.26 Å². The Bertz CT molecular complexity index is 350. The van der Waals surface area contributed by atoms with E-state index in [1.165, 1.54) is 5.56 Å². The van der Waals surface area contributed by atoms with Crippen molar-refractivity contribution in [1.29, 1.82) is 5.26 Å². The molecule has 14 heavy (non-hydrogen) atoms. The molecule has 0 bridgehead atoms. The summed E-state index contributed by atoms with van der Waals surface area (Å²) in [7, 11) is 0. The Morgan fingerprint density at radius 3 is 2.36 bits per heavy atom. The molecule has 3 atom stereocenters. The van der Waals surface area contributed by atoms with Crippen LogP contribution in [0.4, 0.5) is 0 Å². The molecule has 1 aromatic rings. The SMILES string of the molecule is CC(C)N1[C@H](C#N)[C@@H]1c1ccccc1. The molecule has 72 valence electrons. The highest BCUT2D eigenvalue weighted by Gasteiger charge is 2.50. The summed E-state index contributed by atoms with van der Waals surface area (Å²) in [6.07, 6.45) is 0. The Morgan fingerprint density at radius 2 is 1.93 bits per heavy atom. The molecule has 1 heterocycles. The first-order valence-electron chi connectivity index (χ1n) is 4.97. The first-order valence-corrected chi connectivity index (χ1v) is 4.97. The van der Waals surface area contributed by atoms with E-state index in [2.05, 4.69) is 36.9 Å². The van der Waals surface area contributed by atoms with Gasteiger partial charge in [0.1, 0.15) is 6.04 Å². The molecule has 2 heteroatoms. The van der Waals surface area contributed by atoms with Gasteiger partial charge in [0.15, 0.2) is 0 Å². The normalized spacial score (nSPS) is 30.0. The third-order valence-electron chi connectivity index (χ3n) is 2.72. The molecule has 0 aliphatic carbocycles. The number of nitrogens with zero attached hydrogens (tertiary/aromatic N) is 2. The first-order chi connectivity index (χ1) is 6.75. The number of benzene rings is 1. The van der Waals surface area contributed by atoms with Crippen molar-refractivity contribution in [2.45, 2.75) is 32.0 Å². The molecule has 1 fully saturated rings. The highest BCUT2D eigenvalue weighted by molar-refractivity contribution is 5.31. The van der Waals surface area contributed by atoms with Crippen LogP contribution in [0.25, 0.3) is 0 Å². The standard InChI is InChI=1S/C12H14N2/c1-9(2)14-11(8-13)12(14)10-6-4-3-5-7-10/h3-7,9,11-12H,1-2H3/t11-,12+,14?/m1/s1. The van der Waals surface area contributed by atoms with Gasteiger partial charge in [-0.15, -0.1) is 0 Å². The van der Waals surface area contributed by atoms with Gasteiger partial charge in [-0.25, -0.2) is 0 Å². The van der Waals surface area contributed by atoms with Crippen LogP contribution in [0.5, 0.6) is 0 Å². The lowest BCUT2D eigenvalue weighted by atomic mass is 10.1. The summed E-state index contributed by atoms with van der Waals surface area (Å²) in [6, 6.07) is 13.4. The van der Waals surface area contributed by atoms with E-state index >= 15 is 0 Å². The van der Waals surface area contributed by atoms with Crippen LogP contribution in [0.1, 0.15) is 25.5 Å². The van der Waals surface area contributed by atoms with E-state index in [0.29, 0.717) is 12.1 Å². The van der Waals surface area contributed by atoms with Crippen LogP contribution in [0.2, 0.25) is 0 Å². The lowest BCUT2D eigenvalue weighted by molar-refractivity contribution is 0.413. The molecule has 1 saturated heterocycles. The minimum atomic E-state index is 0.0809. The van der Waals surface area contributed by atoms with E-state index in [-0.39, 0.29) is 6.04 Å². The maximum absolute atomic E-state index is 8.97. The average molecular weight is 186 g/mol. The summed E-state index contributed by atoms with van der Waals surface area (Å²) >= 11 is 0. The molecular weight excluding hydrogens is 172 g/mol. The fourth-order valence-corrected chi connectivity index (χ4v) is 2.03. The minimum Gasteiger partial charge on any atom is -0.274 e. The third kappa shape index (κ3) is 1.40. The largest absolute Gasteiger partial charge is 0.274 e. The Hall–Kier alpha value is -1.33. The van der Waals surface area contributed by atoms with E-state index < -0.39 is 0 Å². The quantitative estimate of drug-likeness (QED) is 0.663. The minimum absolute atomic E-state index is 0.0809. The van der Waals surface area contributed by atoms with Crippen molar-refractivity contribution < 1.29 is 0 Å². The van der Waals surface area contributed by atoms with Gasteiger partial charge in [-0.05, 0) is 19.4 Å². The van der Waals surface area contributed by atoms with Gasteiger partial charge in [-0.2, -0.15) is 5.26 Å². The lowest BCUT2D eigenvalue weighted by Crippen LogP contribution is -2.11. The zero-order chi connectivity index (χ0) is 10.1. The second kappa shape index (κ2) is 3.43. The van der Waals surface area contributed by atoms with Gasteiger partial charge in [0.05, 0.1) is 12.1 Å². The van der Waals surface area contributed by atoms with Gasteiger partial charge in [-0.3, -0.25) is 4.90 Å². The van der Waals surface area contributed by atoms with Crippen molar-refractivity contribution in [1.82, 2.24) is 4.90 Å². The summed E-state index contributed by atoms with van der Waals surface area (Å²) in [5.74, 6) is 0. The van der Waals surface area contributed by atoms with Gasteiger partial charge < -0.3 is 0 Å².